The number of nitrogens with one attached hydrogen (secondary N) is 2. The number of pyridine rings is 1. The Kier molecular flexibility index (Phi) is 4.62. The number of aliphatic hydroxyl groups excluding tert-OH is 1. The predicted octanol–water partition coefficient (Wildman–Crippen LogP) is 3.00. The zero-order valence-corrected chi connectivity index (χ0v) is 15.2. The van der Waals surface area contributed by atoms with Crippen LogP contribution in [0.25, 0.3) is 33.4 Å². The second-order valence-corrected chi connectivity index (χ2v) is 6.49. The van der Waals surface area contributed by atoms with Gasteiger partial charge in [-0.25, -0.2) is 13.5 Å². The van der Waals surface area contributed by atoms with Crippen LogP contribution in [0.4, 0.5) is 8.78 Å². The number of aliphatic hydroxyl groups is 1. The van der Waals surface area contributed by atoms with Crippen molar-refractivity contribution < 1.29 is 13.9 Å². The Bertz CT molecular complexity index is 1130. The maximum Gasteiger partial charge on any atom is 0.144 e. The highest BCUT2D eigenvalue weighted by atomic mass is 19.1. The van der Waals surface area contributed by atoms with Crippen molar-refractivity contribution in [1.82, 2.24) is 30.3 Å². The summed E-state index contributed by atoms with van der Waals surface area (Å²) in [7, 11) is 1.71. The molecular formula is C19H18F2N6O. The number of fused-ring (bicyclic) bond motifs is 1. The Morgan fingerprint density at radius 1 is 1.21 bits per heavy atom. The molecule has 28 heavy (non-hydrogen) atoms. The number of aromatic nitrogens is 5. The first-order chi connectivity index (χ1) is 13.5. The van der Waals surface area contributed by atoms with E-state index in [9.17, 15) is 13.9 Å². The molecule has 4 rings (SSSR count). The Morgan fingerprint density at radius 2 is 1.96 bits per heavy atom. The minimum atomic E-state index is -0.782. The maximum atomic E-state index is 14.6. The molecule has 1 atom stereocenters. The molecule has 0 spiro atoms. The van der Waals surface area contributed by atoms with Gasteiger partial charge in [0.1, 0.15) is 23.6 Å². The molecule has 9 heteroatoms. The molecule has 0 aliphatic heterocycles. The van der Waals surface area contributed by atoms with E-state index in [4.69, 9.17) is 0 Å². The number of H-pyrrole nitrogens is 1. The van der Waals surface area contributed by atoms with Crippen molar-refractivity contribution >= 4 is 10.9 Å². The smallest absolute Gasteiger partial charge is 0.144 e. The molecule has 3 heterocycles. The predicted molar refractivity (Wildman–Crippen MR) is 100 cm³/mol. The molecule has 4 aromatic rings. The number of benzene rings is 1. The van der Waals surface area contributed by atoms with Gasteiger partial charge >= 0.3 is 0 Å². The van der Waals surface area contributed by atoms with E-state index in [2.05, 4.69) is 25.6 Å². The molecule has 3 N–H and O–H groups in total. The van der Waals surface area contributed by atoms with Crippen molar-refractivity contribution in [2.24, 2.45) is 0 Å². The second-order valence-electron chi connectivity index (χ2n) is 6.49. The Hall–Kier alpha value is -3.17. The SMILES string of the molecule is CNCc1cc(F)c(-c2cc3c(-c4cnn(C(C)O)c4)n[nH]c3cn2)c(F)c1. The zero-order chi connectivity index (χ0) is 19.8. The topological polar surface area (TPSA) is 91.6 Å². The number of rotatable bonds is 5. The standard InChI is InChI=1S/C19H18F2N6O/c1-10(28)27-9-12(7-24-27)19-13-5-16(23-8-17(13)25-26-19)18-14(20)3-11(6-22-2)4-15(18)21/h3-5,7-10,22,28H,6H2,1-2H3,(H,25,26). The van der Waals surface area contributed by atoms with E-state index >= 15 is 0 Å². The molecule has 7 nitrogen and oxygen atoms in total. The average Bonchev–Trinajstić information content (AvgIpc) is 3.28. The van der Waals surface area contributed by atoms with Gasteiger partial charge in [-0.3, -0.25) is 10.1 Å². The number of nitrogens with zero attached hydrogens (tertiary/aromatic N) is 4. The third-order valence-corrected chi connectivity index (χ3v) is 4.44. The van der Waals surface area contributed by atoms with Crippen LogP contribution >= 0.6 is 0 Å². The summed E-state index contributed by atoms with van der Waals surface area (Å²) in [5.41, 5.74) is 2.33. The molecule has 0 amide bonds. The molecule has 0 saturated carbocycles. The molecule has 1 aromatic carbocycles. The van der Waals surface area contributed by atoms with E-state index in [-0.39, 0.29) is 11.3 Å². The molecule has 0 aliphatic carbocycles. The molecule has 144 valence electrons. The summed E-state index contributed by atoms with van der Waals surface area (Å²) in [6.45, 7) is 1.95. The van der Waals surface area contributed by atoms with Crippen LogP contribution in [0.5, 0.6) is 0 Å². The van der Waals surface area contributed by atoms with Crippen LogP contribution in [0.1, 0.15) is 18.7 Å². The van der Waals surface area contributed by atoms with Gasteiger partial charge in [0, 0.05) is 23.7 Å². The van der Waals surface area contributed by atoms with Crippen LogP contribution in [0.15, 0.2) is 36.8 Å². The Morgan fingerprint density at radius 3 is 2.61 bits per heavy atom. The third kappa shape index (κ3) is 3.14. The molecule has 0 radical (unpaired) electrons. The number of halogens is 2. The fourth-order valence-corrected chi connectivity index (χ4v) is 3.11. The summed E-state index contributed by atoms with van der Waals surface area (Å²) in [4.78, 5) is 4.19. The molecule has 0 saturated heterocycles. The first kappa shape index (κ1) is 18.2. The summed E-state index contributed by atoms with van der Waals surface area (Å²) in [6.07, 6.45) is 3.92. The quantitative estimate of drug-likeness (QED) is 0.492. The number of aromatic amines is 1. The summed E-state index contributed by atoms with van der Waals surface area (Å²) in [6, 6.07) is 4.18. The lowest BCUT2D eigenvalue weighted by atomic mass is 10.0. The van der Waals surface area contributed by atoms with E-state index in [1.807, 2.05) is 0 Å². The van der Waals surface area contributed by atoms with E-state index in [0.29, 0.717) is 34.3 Å². The van der Waals surface area contributed by atoms with Crippen molar-refractivity contribution in [3.63, 3.8) is 0 Å². The largest absolute Gasteiger partial charge is 0.372 e. The summed E-state index contributed by atoms with van der Waals surface area (Å²) >= 11 is 0. The highest BCUT2D eigenvalue weighted by molar-refractivity contribution is 5.94. The molecule has 3 aromatic heterocycles. The van der Waals surface area contributed by atoms with Crippen LogP contribution in [-0.2, 0) is 6.54 Å². The van der Waals surface area contributed by atoms with Crippen molar-refractivity contribution in [3.8, 4) is 22.5 Å². The molecule has 0 fully saturated rings. The molecule has 0 bridgehead atoms. The summed E-state index contributed by atoms with van der Waals surface area (Å²) in [5, 5.41) is 24.3. The van der Waals surface area contributed by atoms with Crippen molar-refractivity contribution in [2.75, 3.05) is 7.05 Å². The lowest BCUT2D eigenvalue weighted by molar-refractivity contribution is 0.111. The van der Waals surface area contributed by atoms with Crippen LogP contribution in [-0.4, -0.2) is 37.1 Å². The van der Waals surface area contributed by atoms with Crippen molar-refractivity contribution in [3.05, 3.63) is 54.0 Å². The highest BCUT2D eigenvalue weighted by Gasteiger charge is 2.18. The van der Waals surface area contributed by atoms with Crippen molar-refractivity contribution in [2.45, 2.75) is 19.7 Å². The fourth-order valence-electron chi connectivity index (χ4n) is 3.11. The van der Waals surface area contributed by atoms with Gasteiger partial charge in [0.2, 0.25) is 0 Å². The highest BCUT2D eigenvalue weighted by Crippen LogP contribution is 2.31. The Labute approximate surface area is 159 Å². The molecule has 1 unspecified atom stereocenters. The van der Waals surface area contributed by atoms with Crippen LogP contribution in [0.2, 0.25) is 0 Å². The van der Waals surface area contributed by atoms with E-state index in [1.54, 1.807) is 32.4 Å². The van der Waals surface area contributed by atoms with Gasteiger partial charge in [-0.2, -0.15) is 10.2 Å². The average molecular weight is 384 g/mol. The van der Waals surface area contributed by atoms with Gasteiger partial charge in [0.25, 0.3) is 0 Å². The lowest BCUT2D eigenvalue weighted by Gasteiger charge is -2.08. The van der Waals surface area contributed by atoms with E-state index in [0.717, 1.165) is 0 Å². The monoisotopic (exact) mass is 384 g/mol. The van der Waals surface area contributed by atoms with Crippen LogP contribution in [0, 0.1) is 11.6 Å². The maximum absolute atomic E-state index is 14.6. The summed E-state index contributed by atoms with van der Waals surface area (Å²) in [5.74, 6) is -1.35. The number of hydrogen-bond donors (Lipinski definition) is 3. The fraction of sp³-hybridized carbons (Fsp3) is 0.211. The van der Waals surface area contributed by atoms with Gasteiger partial charge in [-0.05, 0) is 37.7 Å². The first-order valence-electron chi connectivity index (χ1n) is 8.67. The van der Waals surface area contributed by atoms with Gasteiger partial charge in [-0.1, -0.05) is 0 Å². The van der Waals surface area contributed by atoms with Gasteiger partial charge in [-0.15, -0.1) is 0 Å². The minimum absolute atomic E-state index is 0.170. The van der Waals surface area contributed by atoms with Gasteiger partial charge in [0.15, 0.2) is 0 Å². The number of hydrogen-bond acceptors (Lipinski definition) is 5. The van der Waals surface area contributed by atoms with E-state index < -0.39 is 17.9 Å². The normalized spacial score (nSPS) is 12.6. The van der Waals surface area contributed by atoms with Crippen LogP contribution < -0.4 is 5.32 Å². The summed E-state index contributed by atoms with van der Waals surface area (Å²) < 4.78 is 30.6. The van der Waals surface area contributed by atoms with Crippen molar-refractivity contribution in [1.29, 1.82) is 0 Å². The Balaban J connectivity index is 1.82. The molecular weight excluding hydrogens is 366 g/mol. The minimum Gasteiger partial charge on any atom is -0.372 e. The van der Waals surface area contributed by atoms with Gasteiger partial charge < -0.3 is 10.4 Å². The third-order valence-electron chi connectivity index (χ3n) is 4.44. The molecule has 0 aliphatic rings. The lowest BCUT2D eigenvalue weighted by Crippen LogP contribution is -2.06. The second kappa shape index (κ2) is 7.10. The zero-order valence-electron chi connectivity index (χ0n) is 15.2. The van der Waals surface area contributed by atoms with Gasteiger partial charge in [0.05, 0.1) is 29.2 Å². The van der Waals surface area contributed by atoms with E-state index in [1.165, 1.54) is 23.0 Å². The van der Waals surface area contributed by atoms with Crippen LogP contribution in [0.3, 0.4) is 0 Å². The first-order valence-corrected chi connectivity index (χ1v) is 8.67.